The summed E-state index contributed by atoms with van der Waals surface area (Å²) in [5, 5.41) is -0.535. The van der Waals surface area contributed by atoms with Crippen molar-refractivity contribution in [1.29, 1.82) is 0 Å². The zero-order chi connectivity index (χ0) is 10.3. The minimum Gasteiger partial charge on any atom is -0.344 e. The van der Waals surface area contributed by atoms with E-state index < -0.39 is 15.4 Å². The maximum atomic E-state index is 10.9. The molecule has 0 fully saturated rings. The molecule has 0 aliphatic heterocycles. The maximum absolute atomic E-state index is 10.9. The Kier molecular flexibility index (Phi) is 9.55. The van der Waals surface area contributed by atoms with E-state index in [9.17, 15) is 8.42 Å². The lowest BCUT2D eigenvalue weighted by atomic mass is 10.1. The van der Waals surface area contributed by atoms with Gasteiger partial charge >= 0.3 is 0 Å². The standard InChI is InChI=1S/C9H20O3S.H3N/c1-3-5-7-9(8-6-4-2)13(10,11)12;/h9H,3-8H2,1-2H3,(H,10,11,12);1H3. The first-order chi connectivity index (χ1) is 6.02. The lowest BCUT2D eigenvalue weighted by Crippen LogP contribution is -2.20. The van der Waals surface area contributed by atoms with Crippen molar-refractivity contribution in [2.24, 2.45) is 0 Å². The molecule has 5 heteroatoms. The molecule has 0 aliphatic rings. The van der Waals surface area contributed by atoms with E-state index in [1.807, 2.05) is 13.8 Å². The quantitative estimate of drug-likeness (QED) is 0.652. The van der Waals surface area contributed by atoms with Crippen LogP contribution in [0.1, 0.15) is 52.4 Å². The van der Waals surface area contributed by atoms with Gasteiger partial charge in [0, 0.05) is 0 Å². The summed E-state index contributed by atoms with van der Waals surface area (Å²) in [7, 11) is -3.81. The first kappa shape index (κ1) is 16.3. The largest absolute Gasteiger partial charge is 0.344 e. The van der Waals surface area contributed by atoms with E-state index in [2.05, 4.69) is 0 Å². The van der Waals surface area contributed by atoms with Crippen LogP contribution in [-0.4, -0.2) is 18.2 Å². The van der Waals surface area contributed by atoms with Gasteiger partial charge in [-0.05, 0) is 12.8 Å². The first-order valence-electron chi connectivity index (χ1n) is 4.98. The van der Waals surface area contributed by atoms with Crippen molar-refractivity contribution < 1.29 is 13.0 Å². The highest BCUT2D eigenvalue weighted by Crippen LogP contribution is 2.15. The topological polar surface area (TPSA) is 89.4 Å². The molecule has 0 aromatic heterocycles. The minimum absolute atomic E-state index is 0. The van der Waals surface area contributed by atoms with Crippen molar-refractivity contribution in [3.05, 3.63) is 0 Å². The summed E-state index contributed by atoms with van der Waals surface area (Å²) >= 11 is 0. The van der Waals surface area contributed by atoms with Gasteiger partial charge in [-0.1, -0.05) is 39.5 Å². The van der Waals surface area contributed by atoms with Crippen molar-refractivity contribution in [2.45, 2.75) is 57.6 Å². The van der Waals surface area contributed by atoms with Crippen LogP contribution in [0.25, 0.3) is 0 Å². The average Bonchev–Trinajstić information content (AvgIpc) is 2.02. The molecule has 0 aromatic rings. The summed E-state index contributed by atoms with van der Waals surface area (Å²) in [6.07, 6.45) is 4.86. The van der Waals surface area contributed by atoms with Gasteiger partial charge in [0.1, 0.15) is 0 Å². The van der Waals surface area contributed by atoms with Gasteiger partial charge in [-0.2, -0.15) is 8.42 Å². The molecule has 0 atom stereocenters. The summed E-state index contributed by atoms with van der Waals surface area (Å²) in [6, 6.07) is 0. The van der Waals surface area contributed by atoms with Crippen LogP contribution in [-0.2, 0) is 10.1 Å². The molecule has 14 heavy (non-hydrogen) atoms. The van der Waals surface area contributed by atoms with Gasteiger partial charge in [-0.3, -0.25) is 4.55 Å². The van der Waals surface area contributed by atoms with Crippen molar-refractivity contribution in [1.82, 2.24) is 6.15 Å². The minimum atomic E-state index is -3.81. The summed E-state index contributed by atoms with van der Waals surface area (Å²) in [5.74, 6) is 0. The second-order valence-electron chi connectivity index (χ2n) is 3.42. The van der Waals surface area contributed by atoms with Gasteiger partial charge in [-0.25, -0.2) is 0 Å². The van der Waals surface area contributed by atoms with Gasteiger partial charge in [0.15, 0.2) is 0 Å². The molecule has 0 unspecified atom stereocenters. The Balaban J connectivity index is 0. The monoisotopic (exact) mass is 225 g/mol. The van der Waals surface area contributed by atoms with Crippen LogP contribution in [0.2, 0.25) is 0 Å². The summed E-state index contributed by atoms with van der Waals surface area (Å²) in [6.45, 7) is 4.03. The highest BCUT2D eigenvalue weighted by molar-refractivity contribution is 7.86. The zero-order valence-corrected chi connectivity index (χ0v) is 10.0. The molecule has 0 heterocycles. The van der Waals surface area contributed by atoms with Crippen LogP contribution in [0.5, 0.6) is 0 Å². The number of hydrogen-bond acceptors (Lipinski definition) is 3. The number of rotatable bonds is 7. The zero-order valence-electron chi connectivity index (χ0n) is 9.20. The third-order valence-electron chi connectivity index (χ3n) is 2.18. The van der Waals surface area contributed by atoms with Crippen LogP contribution in [0.15, 0.2) is 0 Å². The molecule has 0 saturated heterocycles. The molecule has 88 valence electrons. The van der Waals surface area contributed by atoms with Crippen LogP contribution in [0.3, 0.4) is 0 Å². The van der Waals surface area contributed by atoms with Crippen LogP contribution < -0.4 is 6.15 Å². The van der Waals surface area contributed by atoms with Gasteiger partial charge in [-0.15, -0.1) is 0 Å². The molecule has 0 radical (unpaired) electrons. The Morgan fingerprint density at radius 3 is 1.64 bits per heavy atom. The Bertz CT molecular complexity index is 206. The Labute approximate surface area is 87.4 Å². The third-order valence-corrected chi connectivity index (χ3v) is 3.49. The molecule has 0 amide bonds. The van der Waals surface area contributed by atoms with E-state index in [-0.39, 0.29) is 6.15 Å². The fraction of sp³-hybridized carbons (Fsp3) is 1.00. The molecule has 0 aromatic carbocycles. The van der Waals surface area contributed by atoms with Crippen molar-refractivity contribution in [2.75, 3.05) is 0 Å². The first-order valence-corrected chi connectivity index (χ1v) is 6.49. The van der Waals surface area contributed by atoms with Crippen LogP contribution in [0.4, 0.5) is 0 Å². The number of hydrogen-bond donors (Lipinski definition) is 2. The summed E-state index contributed by atoms with van der Waals surface area (Å²) in [4.78, 5) is 0. The molecular weight excluding hydrogens is 202 g/mol. The van der Waals surface area contributed by atoms with E-state index in [1.165, 1.54) is 0 Å². The van der Waals surface area contributed by atoms with Crippen molar-refractivity contribution >= 4 is 10.1 Å². The highest BCUT2D eigenvalue weighted by atomic mass is 32.2. The fourth-order valence-electron chi connectivity index (χ4n) is 1.31. The summed E-state index contributed by atoms with van der Waals surface area (Å²) in [5.41, 5.74) is 0. The molecule has 0 bridgehead atoms. The fourth-order valence-corrected chi connectivity index (χ4v) is 2.23. The Morgan fingerprint density at radius 2 is 1.43 bits per heavy atom. The van der Waals surface area contributed by atoms with Crippen molar-refractivity contribution in [3.8, 4) is 0 Å². The third kappa shape index (κ3) is 7.29. The van der Waals surface area contributed by atoms with E-state index in [4.69, 9.17) is 4.55 Å². The lowest BCUT2D eigenvalue weighted by molar-refractivity contribution is 0.449. The van der Waals surface area contributed by atoms with E-state index in [0.717, 1.165) is 25.7 Å². The van der Waals surface area contributed by atoms with Crippen molar-refractivity contribution in [3.63, 3.8) is 0 Å². The van der Waals surface area contributed by atoms with Gasteiger partial charge in [0.25, 0.3) is 10.1 Å². The van der Waals surface area contributed by atoms with Gasteiger partial charge in [0.05, 0.1) is 5.25 Å². The molecule has 0 saturated carbocycles. The predicted octanol–water partition coefficient (Wildman–Crippen LogP) is 2.79. The van der Waals surface area contributed by atoms with E-state index in [0.29, 0.717) is 12.8 Å². The second-order valence-corrected chi connectivity index (χ2v) is 5.12. The predicted molar refractivity (Wildman–Crippen MR) is 59.4 cm³/mol. The molecular formula is C9H23NO3S. The van der Waals surface area contributed by atoms with Gasteiger partial charge < -0.3 is 6.15 Å². The van der Waals surface area contributed by atoms with Gasteiger partial charge in [0.2, 0.25) is 0 Å². The summed E-state index contributed by atoms with van der Waals surface area (Å²) < 4.78 is 30.7. The molecule has 0 aliphatic carbocycles. The Hall–Kier alpha value is -0.130. The lowest BCUT2D eigenvalue weighted by Gasteiger charge is -2.12. The van der Waals surface area contributed by atoms with E-state index in [1.54, 1.807) is 0 Å². The normalized spacial score (nSPS) is 11.4. The second kappa shape index (κ2) is 8.20. The molecule has 0 spiro atoms. The van der Waals surface area contributed by atoms with Crippen LogP contribution >= 0.6 is 0 Å². The number of unbranched alkanes of at least 4 members (excludes halogenated alkanes) is 2. The average molecular weight is 225 g/mol. The van der Waals surface area contributed by atoms with Crippen LogP contribution in [0, 0.1) is 0 Å². The highest BCUT2D eigenvalue weighted by Gasteiger charge is 2.21. The maximum Gasteiger partial charge on any atom is 0.267 e. The SMILES string of the molecule is CCCCC(CCCC)S(=O)(=O)O.N. The molecule has 4 N–H and O–H groups in total. The Morgan fingerprint density at radius 1 is 1.07 bits per heavy atom. The smallest absolute Gasteiger partial charge is 0.267 e. The van der Waals surface area contributed by atoms with E-state index >= 15 is 0 Å². The molecule has 4 nitrogen and oxygen atoms in total. The molecule has 0 rings (SSSR count).